The summed E-state index contributed by atoms with van der Waals surface area (Å²) in [5, 5.41) is 13.6. The predicted octanol–water partition coefficient (Wildman–Crippen LogP) is 11.0. The summed E-state index contributed by atoms with van der Waals surface area (Å²) in [6, 6.07) is 83.4. The molecule has 84 heavy (non-hydrogen) atoms. The van der Waals surface area contributed by atoms with Gasteiger partial charge in [0.1, 0.15) is 0 Å². The Bertz CT molecular complexity index is 2450. The molecule has 8 aromatic rings. The summed E-state index contributed by atoms with van der Waals surface area (Å²) in [7, 11) is 8.02. The van der Waals surface area contributed by atoms with E-state index in [-0.39, 0.29) is 72.5 Å². The number of hydrogen-bond acceptors (Lipinski definition) is 12. The van der Waals surface area contributed by atoms with Gasteiger partial charge < -0.3 is 67.1 Å². The normalized spacial score (nSPS) is 19.1. The zero-order chi connectivity index (χ0) is 60.3. The molecule has 0 heterocycles. The van der Waals surface area contributed by atoms with Crippen molar-refractivity contribution in [2.45, 2.75) is 124 Å². The topological polar surface area (TPSA) is 256 Å². The smallest absolute Gasteiger partial charge is 0.0515 e. The van der Waals surface area contributed by atoms with Gasteiger partial charge in [-0.05, 0) is 98.4 Å². The van der Waals surface area contributed by atoms with Gasteiger partial charge >= 0.3 is 0 Å². The summed E-state index contributed by atoms with van der Waals surface area (Å²) in [6.07, 6.45) is 9.60. The highest BCUT2D eigenvalue weighted by Crippen LogP contribution is 2.30. The summed E-state index contributed by atoms with van der Waals surface area (Å²) in [4.78, 5) is 0. The lowest BCUT2D eigenvalue weighted by atomic mass is 9.92. The maximum absolute atomic E-state index is 6.15. The predicted molar refractivity (Wildman–Crippen MR) is 355 cm³/mol. The van der Waals surface area contributed by atoms with E-state index < -0.39 is 0 Å². The van der Waals surface area contributed by atoms with Crippen LogP contribution in [0.5, 0.6) is 0 Å². The summed E-state index contributed by atoms with van der Waals surface area (Å²) in [5.41, 5.74) is 56.6. The van der Waals surface area contributed by atoms with E-state index in [1.54, 1.807) is 0 Å². The molecule has 12 atom stereocenters. The second-order valence-corrected chi connectivity index (χ2v) is 21.7. The van der Waals surface area contributed by atoms with Gasteiger partial charge in [-0.1, -0.05) is 268 Å². The molecular formula is C72H100N12. The van der Waals surface area contributed by atoms with Crippen molar-refractivity contribution in [1.82, 2.24) is 21.3 Å². The molecule has 2 fully saturated rings. The van der Waals surface area contributed by atoms with Crippen LogP contribution in [-0.4, -0.2) is 52.4 Å². The van der Waals surface area contributed by atoms with Crippen LogP contribution in [0.15, 0.2) is 243 Å². The molecule has 2 aliphatic rings. The van der Waals surface area contributed by atoms with Crippen LogP contribution >= 0.6 is 0 Å². The molecule has 12 nitrogen and oxygen atoms in total. The molecule has 0 saturated heterocycles. The average molecular weight is 1130 g/mol. The van der Waals surface area contributed by atoms with Gasteiger partial charge in [0, 0.05) is 48.3 Å². The van der Waals surface area contributed by atoms with Crippen molar-refractivity contribution in [1.29, 1.82) is 0 Å². The second-order valence-electron chi connectivity index (χ2n) is 21.7. The van der Waals surface area contributed by atoms with Crippen LogP contribution in [0.4, 0.5) is 0 Å². The van der Waals surface area contributed by atoms with Gasteiger partial charge in [-0.15, -0.1) is 0 Å². The molecule has 8 aromatic carbocycles. The summed E-state index contributed by atoms with van der Waals surface area (Å²) in [5.74, 6) is 0. The lowest BCUT2D eigenvalue weighted by molar-refractivity contribution is 0.385. The van der Waals surface area contributed by atoms with Crippen molar-refractivity contribution in [3.05, 3.63) is 287 Å². The Kier molecular flexibility index (Phi) is 31.6. The molecule has 10 rings (SSSR count). The molecule has 0 aliphatic heterocycles. The van der Waals surface area contributed by atoms with Crippen molar-refractivity contribution in [2.24, 2.45) is 45.9 Å². The van der Waals surface area contributed by atoms with Crippen LogP contribution in [0, 0.1) is 0 Å². The van der Waals surface area contributed by atoms with Gasteiger partial charge in [0.25, 0.3) is 0 Å². The molecule has 0 aromatic heterocycles. The molecule has 12 heteroatoms. The van der Waals surface area contributed by atoms with Crippen molar-refractivity contribution >= 4 is 0 Å². The average Bonchev–Trinajstić information content (AvgIpc) is 3.63. The number of nitrogens with two attached hydrogens (primary N) is 8. The quantitative estimate of drug-likeness (QED) is 0.0431. The van der Waals surface area contributed by atoms with Gasteiger partial charge in [0.05, 0.1) is 24.2 Å². The number of likely N-dealkylation sites (N-methyl/N-ethyl adjacent to an activating group) is 4. The van der Waals surface area contributed by atoms with Crippen LogP contribution < -0.4 is 67.1 Å². The van der Waals surface area contributed by atoms with Crippen molar-refractivity contribution < 1.29 is 0 Å². The van der Waals surface area contributed by atoms with Crippen LogP contribution in [0.25, 0.3) is 0 Å². The lowest BCUT2D eigenvalue weighted by Crippen LogP contribution is -2.43. The fourth-order valence-corrected chi connectivity index (χ4v) is 10.7. The maximum Gasteiger partial charge on any atom is 0.0515 e. The van der Waals surface area contributed by atoms with E-state index in [0.29, 0.717) is 0 Å². The Labute approximate surface area is 504 Å². The van der Waals surface area contributed by atoms with Gasteiger partial charge in [0.15, 0.2) is 0 Å². The summed E-state index contributed by atoms with van der Waals surface area (Å²) < 4.78 is 0. The number of benzene rings is 8. The molecule has 0 bridgehead atoms. The Hall–Kier alpha value is -6.72. The van der Waals surface area contributed by atoms with E-state index in [4.69, 9.17) is 45.9 Å². The summed E-state index contributed by atoms with van der Waals surface area (Å²) in [6.45, 7) is 0. The Morgan fingerprint density at radius 3 is 0.488 bits per heavy atom. The van der Waals surface area contributed by atoms with Crippen LogP contribution in [0.2, 0.25) is 0 Å². The van der Waals surface area contributed by atoms with E-state index in [0.717, 1.165) is 47.9 Å². The minimum absolute atomic E-state index is 0.163. The Morgan fingerprint density at radius 2 is 0.369 bits per heavy atom. The minimum Gasteiger partial charge on any atom is -0.326 e. The fraction of sp³-hybridized carbons (Fsp3) is 0.333. The highest BCUT2D eigenvalue weighted by Gasteiger charge is 2.24. The van der Waals surface area contributed by atoms with Crippen molar-refractivity contribution in [2.75, 3.05) is 28.2 Å². The third-order valence-corrected chi connectivity index (χ3v) is 15.8. The van der Waals surface area contributed by atoms with Crippen LogP contribution in [-0.2, 0) is 0 Å². The number of nitrogens with one attached hydrogen (secondary N) is 4. The third-order valence-electron chi connectivity index (χ3n) is 15.8. The van der Waals surface area contributed by atoms with E-state index in [1.165, 1.54) is 47.9 Å². The molecule has 0 spiro atoms. The van der Waals surface area contributed by atoms with Crippen molar-refractivity contribution in [3.63, 3.8) is 0 Å². The van der Waals surface area contributed by atoms with E-state index >= 15 is 0 Å². The van der Waals surface area contributed by atoms with E-state index in [1.807, 2.05) is 174 Å². The Morgan fingerprint density at radius 1 is 0.238 bits per heavy atom. The molecule has 2 aliphatic carbocycles. The minimum atomic E-state index is -0.163. The zero-order valence-corrected chi connectivity index (χ0v) is 50.3. The molecule has 448 valence electrons. The molecule has 0 amide bonds. The van der Waals surface area contributed by atoms with Crippen LogP contribution in [0.3, 0.4) is 0 Å². The monoisotopic (exact) mass is 1130 g/mol. The largest absolute Gasteiger partial charge is 0.326 e. The standard InChI is InChI=1S/2C16H20N2.2C14H16N2.2C6H14N2/c2*1-17-15(13-9-5-3-6-10-13)16(18-2)14-11-7-4-8-12-14;2*15-13(11-7-3-1-4-8-11)14(16)12-9-5-2-6-10-12;2*7-5-3-1-2-4-6(5)8/h2*3-12,15-18H,1-2H3;2*1-10,13-14H,15-16H2;2*5-6H,1-4,7-8H2/t2*15-,16-;2*13-,14-;2*5-,6-/m101010/s1. The molecular weight excluding hydrogens is 1030 g/mol. The first-order chi connectivity index (χ1) is 40.9. The second kappa shape index (κ2) is 39.0. The van der Waals surface area contributed by atoms with Gasteiger partial charge in [-0.2, -0.15) is 0 Å². The molecule has 0 unspecified atom stereocenters. The highest BCUT2D eigenvalue weighted by atomic mass is 15.0. The molecule has 2 saturated carbocycles. The maximum atomic E-state index is 6.15. The summed E-state index contributed by atoms with van der Waals surface area (Å²) >= 11 is 0. The van der Waals surface area contributed by atoms with Crippen molar-refractivity contribution in [3.8, 4) is 0 Å². The zero-order valence-electron chi connectivity index (χ0n) is 50.3. The Balaban J connectivity index is 0.000000189. The first-order valence-corrected chi connectivity index (χ1v) is 30.0. The number of hydrogen-bond donors (Lipinski definition) is 12. The van der Waals surface area contributed by atoms with Gasteiger partial charge in [-0.3, -0.25) is 0 Å². The highest BCUT2D eigenvalue weighted by molar-refractivity contribution is 5.31. The van der Waals surface area contributed by atoms with Crippen LogP contribution in [0.1, 0.15) is 144 Å². The van der Waals surface area contributed by atoms with Gasteiger partial charge in [-0.25, -0.2) is 0 Å². The molecule has 20 N–H and O–H groups in total. The first kappa shape index (κ1) is 68.1. The first-order valence-electron chi connectivity index (χ1n) is 30.0. The third kappa shape index (κ3) is 22.7. The van der Waals surface area contributed by atoms with E-state index in [9.17, 15) is 0 Å². The fourth-order valence-electron chi connectivity index (χ4n) is 10.7. The lowest BCUT2D eigenvalue weighted by Gasteiger charge is -2.27. The number of rotatable bonds is 16. The van der Waals surface area contributed by atoms with E-state index in [2.05, 4.69) is 118 Å². The molecule has 0 radical (unpaired) electrons. The SMILES string of the molecule is CN[C@@H](c1ccccc1)[C@@H](NC)c1ccccc1.CN[C@H](c1ccccc1)[C@H](NC)c1ccccc1.N[C@@H](c1ccccc1)[C@@H](N)c1ccccc1.N[C@@H]1CCCC[C@H]1N.N[C@H](c1ccccc1)[C@H](N)c1ccccc1.N[C@H]1CCCC[C@@H]1N. The van der Waals surface area contributed by atoms with Gasteiger partial charge in [0.2, 0.25) is 0 Å².